The summed E-state index contributed by atoms with van der Waals surface area (Å²) in [6.07, 6.45) is 1.39. The Morgan fingerprint density at radius 1 is 1.62 bits per heavy atom. The van der Waals surface area contributed by atoms with Crippen LogP contribution in [-0.4, -0.2) is 43.7 Å². The fraction of sp³-hybridized carbons (Fsp3) is 0.556. The number of rotatable bonds is 5. The number of carbonyl (C=O) groups is 2. The van der Waals surface area contributed by atoms with Crippen LogP contribution in [0.15, 0.2) is 6.20 Å². The Hall–Kier alpha value is -1.50. The van der Waals surface area contributed by atoms with E-state index in [0.29, 0.717) is 6.54 Å². The molecule has 0 aromatic carbocycles. The average Bonchev–Trinajstić information content (AvgIpc) is 2.77. The smallest absolute Gasteiger partial charge is 0.308 e. The van der Waals surface area contributed by atoms with Crippen molar-refractivity contribution in [3.63, 3.8) is 0 Å². The van der Waals surface area contributed by atoms with Gasteiger partial charge in [0.2, 0.25) is 0 Å². The molecule has 0 aliphatic rings. The van der Waals surface area contributed by atoms with Crippen LogP contribution in [0.5, 0.6) is 0 Å². The molecular weight excluding hydrogens is 230 g/mol. The highest BCUT2D eigenvalue weighted by Gasteiger charge is 2.21. The summed E-state index contributed by atoms with van der Waals surface area (Å²) in [4.78, 5) is 24.0. The highest BCUT2D eigenvalue weighted by molar-refractivity contribution is 6.99. The lowest BCUT2D eigenvalue weighted by Gasteiger charge is -2.21. The van der Waals surface area contributed by atoms with E-state index in [-0.39, 0.29) is 18.1 Å². The summed E-state index contributed by atoms with van der Waals surface area (Å²) >= 11 is 0.957. The number of aromatic nitrogens is 2. The molecule has 1 rings (SSSR count). The highest BCUT2D eigenvalue weighted by Crippen LogP contribution is 2.06. The zero-order chi connectivity index (χ0) is 12.1. The minimum Gasteiger partial charge on any atom is -0.481 e. The van der Waals surface area contributed by atoms with Crippen molar-refractivity contribution < 1.29 is 14.7 Å². The monoisotopic (exact) mass is 243 g/mol. The lowest BCUT2D eigenvalue weighted by molar-refractivity contribution is -0.141. The molecule has 0 saturated heterocycles. The molecule has 0 saturated carbocycles. The summed E-state index contributed by atoms with van der Waals surface area (Å²) < 4.78 is 7.57. The molecule has 0 spiro atoms. The van der Waals surface area contributed by atoms with Gasteiger partial charge in [-0.05, 0) is 6.92 Å². The molecule has 1 aromatic heterocycles. The third-order valence-corrected chi connectivity index (χ3v) is 2.64. The van der Waals surface area contributed by atoms with Crippen molar-refractivity contribution in [1.82, 2.24) is 13.6 Å². The molecule has 0 aliphatic heterocycles. The summed E-state index contributed by atoms with van der Waals surface area (Å²) in [7, 11) is 0. The second-order valence-electron chi connectivity index (χ2n) is 3.38. The quantitative estimate of drug-likeness (QED) is 0.823. The minimum atomic E-state index is -0.914. The number of hydrogen-bond acceptors (Lipinski definition) is 5. The molecule has 1 unspecified atom stereocenters. The Labute approximate surface area is 97.2 Å². The van der Waals surface area contributed by atoms with Gasteiger partial charge in [0.25, 0.3) is 5.91 Å². The van der Waals surface area contributed by atoms with Gasteiger partial charge in [-0.25, -0.2) is 0 Å². The van der Waals surface area contributed by atoms with Crippen LogP contribution in [0.1, 0.15) is 24.3 Å². The first-order valence-corrected chi connectivity index (χ1v) is 5.59. The summed E-state index contributed by atoms with van der Waals surface area (Å²) in [5, 5.41) is 8.77. The first kappa shape index (κ1) is 12.6. The number of hydrogen-bond donors (Lipinski definition) is 1. The van der Waals surface area contributed by atoms with Crippen molar-refractivity contribution in [2.45, 2.75) is 13.8 Å². The van der Waals surface area contributed by atoms with E-state index in [1.807, 2.05) is 0 Å². The maximum atomic E-state index is 11.8. The number of carbonyl (C=O) groups excluding carboxylic acids is 1. The van der Waals surface area contributed by atoms with E-state index in [9.17, 15) is 9.59 Å². The first-order chi connectivity index (χ1) is 7.56. The minimum absolute atomic E-state index is 0.183. The fourth-order valence-electron chi connectivity index (χ4n) is 1.19. The number of nitrogens with zero attached hydrogens (tertiary/aromatic N) is 3. The van der Waals surface area contributed by atoms with Gasteiger partial charge < -0.3 is 10.0 Å². The fourth-order valence-corrected chi connectivity index (χ4v) is 1.59. The number of carboxylic acids is 1. The van der Waals surface area contributed by atoms with E-state index < -0.39 is 11.9 Å². The average molecular weight is 243 g/mol. The van der Waals surface area contributed by atoms with Gasteiger partial charge in [0, 0.05) is 13.1 Å². The highest BCUT2D eigenvalue weighted by atomic mass is 32.1. The molecule has 1 amide bonds. The van der Waals surface area contributed by atoms with Gasteiger partial charge in [-0.2, -0.15) is 8.75 Å². The second-order valence-corrected chi connectivity index (χ2v) is 3.93. The van der Waals surface area contributed by atoms with Crippen molar-refractivity contribution in [1.29, 1.82) is 0 Å². The lowest BCUT2D eigenvalue weighted by Crippen LogP contribution is -2.36. The van der Waals surface area contributed by atoms with Crippen LogP contribution < -0.4 is 0 Å². The Morgan fingerprint density at radius 3 is 2.75 bits per heavy atom. The SMILES string of the molecule is CCN(CC(C)C(=O)O)C(=O)c1cnsn1. The molecule has 1 aromatic rings. The van der Waals surface area contributed by atoms with Crippen LogP contribution in [0.2, 0.25) is 0 Å². The van der Waals surface area contributed by atoms with E-state index in [1.165, 1.54) is 11.1 Å². The van der Waals surface area contributed by atoms with Crippen LogP contribution in [-0.2, 0) is 4.79 Å². The normalized spacial score (nSPS) is 12.1. The second kappa shape index (κ2) is 5.55. The van der Waals surface area contributed by atoms with Gasteiger partial charge in [0.1, 0.15) is 0 Å². The van der Waals surface area contributed by atoms with Crippen LogP contribution in [0.25, 0.3) is 0 Å². The molecule has 1 atom stereocenters. The molecule has 1 N–H and O–H groups in total. The van der Waals surface area contributed by atoms with Gasteiger partial charge in [-0.1, -0.05) is 6.92 Å². The molecule has 0 radical (unpaired) electrons. The van der Waals surface area contributed by atoms with Crippen molar-refractivity contribution in [3.05, 3.63) is 11.9 Å². The third-order valence-electron chi connectivity index (χ3n) is 2.17. The molecule has 6 nitrogen and oxygen atoms in total. The van der Waals surface area contributed by atoms with Crippen LogP contribution in [0.4, 0.5) is 0 Å². The topological polar surface area (TPSA) is 83.4 Å². The molecule has 7 heteroatoms. The number of aliphatic carboxylic acids is 1. The van der Waals surface area contributed by atoms with Gasteiger partial charge >= 0.3 is 5.97 Å². The maximum absolute atomic E-state index is 11.8. The van der Waals surface area contributed by atoms with Crippen molar-refractivity contribution in [2.75, 3.05) is 13.1 Å². The van der Waals surface area contributed by atoms with Gasteiger partial charge in [0.15, 0.2) is 5.69 Å². The van der Waals surface area contributed by atoms with Gasteiger partial charge in [0.05, 0.1) is 23.8 Å². The summed E-state index contributed by atoms with van der Waals surface area (Å²) in [5.41, 5.74) is 0.268. The maximum Gasteiger partial charge on any atom is 0.308 e. The largest absolute Gasteiger partial charge is 0.481 e. The zero-order valence-electron chi connectivity index (χ0n) is 9.08. The molecule has 88 valence electrons. The van der Waals surface area contributed by atoms with Crippen molar-refractivity contribution in [3.8, 4) is 0 Å². The van der Waals surface area contributed by atoms with E-state index in [2.05, 4.69) is 8.75 Å². The molecule has 16 heavy (non-hydrogen) atoms. The lowest BCUT2D eigenvalue weighted by atomic mass is 10.1. The third kappa shape index (κ3) is 2.99. The molecule has 0 aliphatic carbocycles. The Bertz CT molecular complexity index is 366. The van der Waals surface area contributed by atoms with Crippen molar-refractivity contribution in [2.24, 2.45) is 5.92 Å². The molecule has 1 heterocycles. The number of carboxylic acid groups (broad SMARTS) is 1. The Morgan fingerprint density at radius 2 is 2.31 bits per heavy atom. The first-order valence-electron chi connectivity index (χ1n) is 4.85. The predicted octanol–water partition coefficient (Wildman–Crippen LogP) is 0.721. The van der Waals surface area contributed by atoms with E-state index in [1.54, 1.807) is 13.8 Å². The molecule has 0 fully saturated rings. The van der Waals surface area contributed by atoms with E-state index in [4.69, 9.17) is 5.11 Å². The Balaban J connectivity index is 2.68. The van der Waals surface area contributed by atoms with Gasteiger partial charge in [-0.15, -0.1) is 0 Å². The molecular formula is C9H13N3O3S. The van der Waals surface area contributed by atoms with Crippen LogP contribution in [0, 0.1) is 5.92 Å². The molecule has 0 bridgehead atoms. The summed E-state index contributed by atoms with van der Waals surface area (Å²) in [6, 6.07) is 0. The Kier molecular flexibility index (Phi) is 4.36. The van der Waals surface area contributed by atoms with Crippen LogP contribution >= 0.6 is 11.7 Å². The van der Waals surface area contributed by atoms with Crippen LogP contribution in [0.3, 0.4) is 0 Å². The predicted molar refractivity (Wildman–Crippen MR) is 58.3 cm³/mol. The van der Waals surface area contributed by atoms with E-state index >= 15 is 0 Å². The van der Waals surface area contributed by atoms with E-state index in [0.717, 1.165) is 11.7 Å². The summed E-state index contributed by atoms with van der Waals surface area (Å²) in [5.74, 6) is -1.78. The van der Waals surface area contributed by atoms with Crippen molar-refractivity contribution >= 4 is 23.6 Å². The summed E-state index contributed by atoms with van der Waals surface area (Å²) in [6.45, 7) is 4.00. The zero-order valence-corrected chi connectivity index (χ0v) is 9.90. The number of amides is 1. The van der Waals surface area contributed by atoms with Gasteiger partial charge in [-0.3, -0.25) is 9.59 Å². The standard InChI is InChI=1S/C9H13N3O3S/c1-3-12(5-6(2)9(14)15)8(13)7-4-10-16-11-7/h4,6H,3,5H2,1-2H3,(H,14,15).